The van der Waals surface area contributed by atoms with Crippen molar-refractivity contribution in [1.82, 2.24) is 14.8 Å². The fourth-order valence-electron chi connectivity index (χ4n) is 2.03. The van der Waals surface area contributed by atoms with Crippen molar-refractivity contribution in [1.29, 1.82) is 0 Å². The molecule has 0 fully saturated rings. The summed E-state index contributed by atoms with van der Waals surface area (Å²) in [7, 11) is 0. The standard InChI is InChI=1S/C12H8FN3O3/c13-6-1-2-9-7(3-6)11-8(4-14-9)12(19)16(15-11)5-10(17)18/h1-4,15H,5H2,(H,17,18). The quantitative estimate of drug-likeness (QED) is 0.723. The summed E-state index contributed by atoms with van der Waals surface area (Å²) in [6, 6.07) is 4.02. The van der Waals surface area contributed by atoms with Gasteiger partial charge in [0.15, 0.2) is 0 Å². The van der Waals surface area contributed by atoms with E-state index in [1.807, 2.05) is 0 Å². The Hall–Kier alpha value is -2.70. The zero-order valence-corrected chi connectivity index (χ0v) is 9.55. The molecule has 96 valence electrons. The Morgan fingerprint density at radius 1 is 1.42 bits per heavy atom. The van der Waals surface area contributed by atoms with E-state index in [-0.39, 0.29) is 5.39 Å². The Morgan fingerprint density at radius 2 is 2.21 bits per heavy atom. The third kappa shape index (κ3) is 1.75. The van der Waals surface area contributed by atoms with E-state index < -0.39 is 23.9 Å². The fourth-order valence-corrected chi connectivity index (χ4v) is 2.03. The van der Waals surface area contributed by atoms with Crippen molar-refractivity contribution in [3.63, 3.8) is 0 Å². The fraction of sp³-hybridized carbons (Fsp3) is 0.0833. The molecule has 0 bridgehead atoms. The molecular formula is C12H8FN3O3. The van der Waals surface area contributed by atoms with Gasteiger partial charge >= 0.3 is 5.97 Å². The number of rotatable bonds is 2. The highest BCUT2D eigenvalue weighted by atomic mass is 19.1. The monoisotopic (exact) mass is 261 g/mol. The zero-order chi connectivity index (χ0) is 13.6. The summed E-state index contributed by atoms with van der Waals surface area (Å²) in [6.07, 6.45) is 1.35. The molecule has 0 spiro atoms. The largest absolute Gasteiger partial charge is 0.480 e. The Balaban J connectivity index is 2.39. The molecule has 0 radical (unpaired) electrons. The summed E-state index contributed by atoms with van der Waals surface area (Å²) < 4.78 is 14.2. The minimum absolute atomic E-state index is 0.236. The third-order valence-corrected chi connectivity index (χ3v) is 2.85. The lowest BCUT2D eigenvalue weighted by molar-refractivity contribution is -0.137. The van der Waals surface area contributed by atoms with Crippen LogP contribution in [-0.4, -0.2) is 25.8 Å². The van der Waals surface area contributed by atoms with Crippen molar-refractivity contribution in [3.8, 4) is 0 Å². The number of aliphatic carboxylic acids is 1. The Bertz CT molecular complexity index is 866. The number of halogens is 1. The van der Waals surface area contributed by atoms with E-state index in [1.165, 1.54) is 24.4 Å². The van der Waals surface area contributed by atoms with Crippen molar-refractivity contribution in [2.45, 2.75) is 6.54 Å². The van der Waals surface area contributed by atoms with Crippen LogP contribution < -0.4 is 5.56 Å². The van der Waals surface area contributed by atoms with Crippen molar-refractivity contribution in [2.75, 3.05) is 0 Å². The maximum absolute atomic E-state index is 13.3. The average Bonchev–Trinajstić information content (AvgIpc) is 2.66. The number of pyridine rings is 1. The van der Waals surface area contributed by atoms with Crippen LogP contribution >= 0.6 is 0 Å². The van der Waals surface area contributed by atoms with E-state index in [1.54, 1.807) is 0 Å². The van der Waals surface area contributed by atoms with Crippen LogP contribution in [0.5, 0.6) is 0 Å². The normalized spacial score (nSPS) is 11.2. The van der Waals surface area contributed by atoms with E-state index >= 15 is 0 Å². The van der Waals surface area contributed by atoms with Gasteiger partial charge in [-0.3, -0.25) is 19.7 Å². The van der Waals surface area contributed by atoms with Gasteiger partial charge in [-0.1, -0.05) is 0 Å². The number of aromatic amines is 1. The Morgan fingerprint density at radius 3 is 2.95 bits per heavy atom. The van der Waals surface area contributed by atoms with Crippen LogP contribution in [0.25, 0.3) is 21.8 Å². The first-order chi connectivity index (χ1) is 9.06. The first-order valence-electron chi connectivity index (χ1n) is 5.45. The molecule has 0 aliphatic rings. The average molecular weight is 261 g/mol. The first kappa shape index (κ1) is 11.4. The zero-order valence-electron chi connectivity index (χ0n) is 9.55. The van der Waals surface area contributed by atoms with Crippen LogP contribution in [0.1, 0.15) is 0 Å². The van der Waals surface area contributed by atoms with Crippen molar-refractivity contribution < 1.29 is 14.3 Å². The number of aromatic nitrogens is 3. The van der Waals surface area contributed by atoms with Crippen LogP contribution in [0, 0.1) is 5.82 Å². The van der Waals surface area contributed by atoms with Crippen LogP contribution in [0.15, 0.2) is 29.2 Å². The highest BCUT2D eigenvalue weighted by Gasteiger charge is 2.12. The second-order valence-corrected chi connectivity index (χ2v) is 4.11. The maximum Gasteiger partial charge on any atom is 0.325 e. The molecule has 2 aromatic heterocycles. The van der Waals surface area contributed by atoms with Gasteiger partial charge < -0.3 is 5.11 Å². The van der Waals surface area contributed by atoms with E-state index in [0.29, 0.717) is 16.4 Å². The molecule has 19 heavy (non-hydrogen) atoms. The number of carbonyl (C=O) groups is 1. The lowest BCUT2D eigenvalue weighted by Crippen LogP contribution is -2.21. The minimum Gasteiger partial charge on any atom is -0.480 e. The van der Waals surface area contributed by atoms with Gasteiger partial charge in [0.1, 0.15) is 12.4 Å². The smallest absolute Gasteiger partial charge is 0.325 e. The van der Waals surface area contributed by atoms with Crippen molar-refractivity contribution in [2.24, 2.45) is 0 Å². The number of nitrogens with one attached hydrogen (secondary N) is 1. The molecule has 0 saturated heterocycles. The molecule has 0 aliphatic carbocycles. The first-order valence-corrected chi connectivity index (χ1v) is 5.45. The van der Waals surface area contributed by atoms with Crippen molar-refractivity contribution >= 4 is 27.8 Å². The van der Waals surface area contributed by atoms with Crippen molar-refractivity contribution in [3.05, 3.63) is 40.6 Å². The molecule has 3 aromatic rings. The summed E-state index contributed by atoms with van der Waals surface area (Å²) >= 11 is 0. The van der Waals surface area contributed by atoms with Gasteiger partial charge in [0.25, 0.3) is 5.56 Å². The van der Waals surface area contributed by atoms with E-state index in [0.717, 1.165) is 4.68 Å². The molecule has 0 unspecified atom stereocenters. The van der Waals surface area contributed by atoms with Gasteiger partial charge in [0.05, 0.1) is 16.4 Å². The maximum atomic E-state index is 13.3. The number of carboxylic acid groups (broad SMARTS) is 1. The molecule has 1 aromatic carbocycles. The van der Waals surface area contributed by atoms with Crippen LogP contribution in [0.3, 0.4) is 0 Å². The lowest BCUT2D eigenvalue weighted by atomic mass is 10.2. The van der Waals surface area contributed by atoms with Gasteiger partial charge in [-0.25, -0.2) is 9.07 Å². The molecule has 2 N–H and O–H groups in total. The molecule has 0 atom stereocenters. The third-order valence-electron chi connectivity index (χ3n) is 2.85. The van der Waals surface area contributed by atoms with E-state index in [2.05, 4.69) is 10.1 Å². The highest BCUT2D eigenvalue weighted by molar-refractivity contribution is 6.02. The van der Waals surface area contributed by atoms with Gasteiger partial charge in [-0.05, 0) is 18.2 Å². The molecular weight excluding hydrogens is 253 g/mol. The SMILES string of the molecule is O=C(O)Cn1[nH]c2c(cnc3ccc(F)cc32)c1=O. The lowest BCUT2D eigenvalue weighted by Gasteiger charge is -1.98. The molecule has 0 saturated carbocycles. The summed E-state index contributed by atoms with van der Waals surface area (Å²) in [5.41, 5.74) is 0.421. The Labute approximate surface area is 105 Å². The van der Waals surface area contributed by atoms with Crippen LogP contribution in [0.4, 0.5) is 4.39 Å². The summed E-state index contributed by atoms with van der Waals surface area (Å²) in [5, 5.41) is 12.1. The molecule has 7 heteroatoms. The predicted octanol–water partition coefficient (Wildman–Crippen LogP) is 1.10. The molecule has 2 heterocycles. The topological polar surface area (TPSA) is 88.0 Å². The number of hydrogen-bond donors (Lipinski definition) is 2. The Kier molecular flexibility index (Phi) is 2.34. The van der Waals surface area contributed by atoms with E-state index in [9.17, 15) is 14.0 Å². The summed E-state index contributed by atoms with van der Waals surface area (Å²) in [5.74, 6) is -1.59. The second-order valence-electron chi connectivity index (χ2n) is 4.11. The van der Waals surface area contributed by atoms with Gasteiger partial charge in [0, 0.05) is 11.6 Å². The number of hydrogen-bond acceptors (Lipinski definition) is 3. The number of benzene rings is 1. The molecule has 0 aliphatic heterocycles. The second kappa shape index (κ2) is 3.91. The summed E-state index contributed by atoms with van der Waals surface area (Å²) in [6.45, 7) is -0.482. The number of carboxylic acids is 1. The molecule has 3 rings (SSSR count). The van der Waals surface area contributed by atoms with Gasteiger partial charge in [0.2, 0.25) is 0 Å². The highest BCUT2D eigenvalue weighted by Crippen LogP contribution is 2.20. The van der Waals surface area contributed by atoms with Crippen LogP contribution in [-0.2, 0) is 11.3 Å². The molecule has 6 nitrogen and oxygen atoms in total. The number of nitrogens with zero attached hydrogens (tertiary/aromatic N) is 2. The van der Waals surface area contributed by atoms with Gasteiger partial charge in [-0.15, -0.1) is 0 Å². The van der Waals surface area contributed by atoms with Crippen LogP contribution in [0.2, 0.25) is 0 Å². The predicted molar refractivity (Wildman–Crippen MR) is 65.5 cm³/mol. The van der Waals surface area contributed by atoms with E-state index in [4.69, 9.17) is 5.11 Å². The number of fused-ring (bicyclic) bond motifs is 3. The molecule has 0 amide bonds. The number of H-pyrrole nitrogens is 1. The minimum atomic E-state index is -1.14. The van der Waals surface area contributed by atoms with Gasteiger partial charge in [-0.2, -0.15) is 0 Å². The summed E-state index contributed by atoms with van der Waals surface area (Å²) in [4.78, 5) is 26.6.